The highest BCUT2D eigenvalue weighted by atomic mass is 79.9. The van der Waals surface area contributed by atoms with Gasteiger partial charge in [-0.2, -0.15) is 0 Å². The number of hydrazine groups is 1. The number of hydrogen-bond acceptors (Lipinski definition) is 3. The molecule has 6 heteroatoms. The van der Waals surface area contributed by atoms with Crippen molar-refractivity contribution in [3.8, 4) is 5.75 Å². The summed E-state index contributed by atoms with van der Waals surface area (Å²) >= 11 is 3.30. The fraction of sp³-hybridized carbons (Fsp3) is 0.263. The van der Waals surface area contributed by atoms with Gasteiger partial charge in [0.05, 0.1) is 12.2 Å². The second kappa shape index (κ2) is 9.22. The Morgan fingerprint density at radius 1 is 1.00 bits per heavy atom. The summed E-state index contributed by atoms with van der Waals surface area (Å²) < 4.78 is 6.27. The average molecular weight is 405 g/mol. The van der Waals surface area contributed by atoms with Gasteiger partial charge in [0.25, 0.3) is 11.8 Å². The van der Waals surface area contributed by atoms with Crippen LogP contribution in [0, 0.1) is 5.92 Å². The van der Waals surface area contributed by atoms with Gasteiger partial charge < -0.3 is 4.74 Å². The fourth-order valence-electron chi connectivity index (χ4n) is 2.01. The van der Waals surface area contributed by atoms with Crippen LogP contribution in [0.5, 0.6) is 5.75 Å². The predicted octanol–water partition coefficient (Wildman–Crippen LogP) is 3.95. The summed E-state index contributed by atoms with van der Waals surface area (Å²) in [6.45, 7) is 4.92. The molecule has 0 aliphatic rings. The van der Waals surface area contributed by atoms with Gasteiger partial charge >= 0.3 is 0 Å². The number of halogens is 1. The smallest absolute Gasteiger partial charge is 0.270 e. The van der Waals surface area contributed by atoms with Gasteiger partial charge in [0.15, 0.2) is 0 Å². The summed E-state index contributed by atoms with van der Waals surface area (Å²) in [6.07, 6.45) is 0.976. The van der Waals surface area contributed by atoms with Gasteiger partial charge in [-0.3, -0.25) is 20.4 Å². The van der Waals surface area contributed by atoms with Crippen molar-refractivity contribution in [2.75, 3.05) is 6.61 Å². The lowest BCUT2D eigenvalue weighted by atomic mass is 10.1. The van der Waals surface area contributed by atoms with Gasteiger partial charge in [-0.25, -0.2) is 0 Å². The molecule has 132 valence electrons. The van der Waals surface area contributed by atoms with E-state index in [-0.39, 0.29) is 0 Å². The van der Waals surface area contributed by atoms with E-state index >= 15 is 0 Å². The third kappa shape index (κ3) is 5.90. The van der Waals surface area contributed by atoms with Crippen molar-refractivity contribution in [2.45, 2.75) is 20.3 Å². The Bertz CT molecular complexity index is 730. The molecule has 2 aromatic carbocycles. The van der Waals surface area contributed by atoms with Crippen LogP contribution in [-0.4, -0.2) is 18.4 Å². The van der Waals surface area contributed by atoms with Crippen LogP contribution in [0.2, 0.25) is 0 Å². The molecule has 0 saturated heterocycles. The van der Waals surface area contributed by atoms with E-state index in [0.717, 1.165) is 12.2 Å². The van der Waals surface area contributed by atoms with Crippen LogP contribution in [-0.2, 0) is 0 Å². The number of benzene rings is 2. The van der Waals surface area contributed by atoms with E-state index in [2.05, 4.69) is 40.6 Å². The molecule has 0 heterocycles. The van der Waals surface area contributed by atoms with Crippen molar-refractivity contribution >= 4 is 27.7 Å². The van der Waals surface area contributed by atoms with Crippen molar-refractivity contribution in [1.82, 2.24) is 10.9 Å². The van der Waals surface area contributed by atoms with Crippen LogP contribution in [0.15, 0.2) is 53.0 Å². The topological polar surface area (TPSA) is 67.4 Å². The summed E-state index contributed by atoms with van der Waals surface area (Å²) in [5.74, 6) is 0.511. The van der Waals surface area contributed by atoms with E-state index in [9.17, 15) is 9.59 Å². The molecule has 0 atom stereocenters. The van der Waals surface area contributed by atoms with E-state index in [1.165, 1.54) is 0 Å². The van der Waals surface area contributed by atoms with E-state index in [0.29, 0.717) is 28.1 Å². The van der Waals surface area contributed by atoms with Crippen molar-refractivity contribution in [2.24, 2.45) is 5.92 Å². The maximum Gasteiger partial charge on any atom is 0.270 e. The lowest BCUT2D eigenvalue weighted by molar-refractivity contribution is 0.0846. The standard InChI is InChI=1S/C19H21BrN2O3/c1-13(2)11-12-25-15-9-7-14(8-10-15)18(23)21-22-19(24)16-5-3-4-6-17(16)20/h3-10,13H,11-12H2,1-2H3,(H,21,23)(H,22,24). The Balaban J connectivity index is 1.86. The molecule has 2 amide bonds. The molecule has 0 unspecified atom stereocenters. The maximum atomic E-state index is 12.1. The first-order valence-corrected chi connectivity index (χ1v) is 8.84. The lowest BCUT2D eigenvalue weighted by Gasteiger charge is -2.10. The molecule has 0 aromatic heterocycles. The minimum Gasteiger partial charge on any atom is -0.494 e. The van der Waals surface area contributed by atoms with Gasteiger partial charge in [-0.1, -0.05) is 26.0 Å². The molecule has 25 heavy (non-hydrogen) atoms. The monoisotopic (exact) mass is 404 g/mol. The zero-order valence-electron chi connectivity index (χ0n) is 14.2. The number of rotatable bonds is 6. The molecule has 2 rings (SSSR count). The van der Waals surface area contributed by atoms with E-state index in [1.807, 2.05) is 6.07 Å². The lowest BCUT2D eigenvalue weighted by Crippen LogP contribution is -2.41. The van der Waals surface area contributed by atoms with Crippen molar-refractivity contribution < 1.29 is 14.3 Å². The quantitative estimate of drug-likeness (QED) is 0.716. The Labute approximate surface area is 155 Å². The van der Waals surface area contributed by atoms with Crippen molar-refractivity contribution in [3.05, 3.63) is 64.1 Å². The summed E-state index contributed by atoms with van der Waals surface area (Å²) in [5.41, 5.74) is 5.68. The van der Waals surface area contributed by atoms with Gasteiger partial charge in [-0.05, 0) is 64.7 Å². The predicted molar refractivity (Wildman–Crippen MR) is 100 cm³/mol. The first-order chi connectivity index (χ1) is 12.0. The second-order valence-corrected chi connectivity index (χ2v) is 6.80. The third-order valence-electron chi connectivity index (χ3n) is 3.49. The summed E-state index contributed by atoms with van der Waals surface area (Å²) in [7, 11) is 0. The van der Waals surface area contributed by atoms with Gasteiger partial charge in [0.2, 0.25) is 0 Å². The highest BCUT2D eigenvalue weighted by molar-refractivity contribution is 9.10. The summed E-state index contributed by atoms with van der Waals surface area (Å²) in [6, 6.07) is 13.8. The number of ether oxygens (including phenoxy) is 1. The molecule has 2 aromatic rings. The molecular formula is C19H21BrN2O3. The summed E-state index contributed by atoms with van der Waals surface area (Å²) in [4.78, 5) is 24.2. The SMILES string of the molecule is CC(C)CCOc1ccc(C(=O)NNC(=O)c2ccccc2Br)cc1. The Morgan fingerprint density at radius 2 is 1.64 bits per heavy atom. The first-order valence-electron chi connectivity index (χ1n) is 8.05. The van der Waals surface area contributed by atoms with Crippen LogP contribution in [0.25, 0.3) is 0 Å². The molecular weight excluding hydrogens is 384 g/mol. The molecule has 2 N–H and O–H groups in total. The van der Waals surface area contributed by atoms with E-state index in [4.69, 9.17) is 4.74 Å². The first kappa shape index (κ1) is 19.0. The highest BCUT2D eigenvalue weighted by Gasteiger charge is 2.11. The second-order valence-electron chi connectivity index (χ2n) is 5.94. The summed E-state index contributed by atoms with van der Waals surface area (Å²) in [5, 5.41) is 0. The Kier molecular flexibility index (Phi) is 7.01. The van der Waals surface area contributed by atoms with Crippen LogP contribution >= 0.6 is 15.9 Å². The molecule has 0 fully saturated rings. The van der Waals surface area contributed by atoms with Crippen LogP contribution in [0.4, 0.5) is 0 Å². The number of hydrogen-bond donors (Lipinski definition) is 2. The number of carbonyl (C=O) groups is 2. The Morgan fingerprint density at radius 3 is 2.28 bits per heavy atom. The molecule has 0 saturated carbocycles. The van der Waals surface area contributed by atoms with E-state index in [1.54, 1.807) is 42.5 Å². The highest BCUT2D eigenvalue weighted by Crippen LogP contribution is 2.15. The molecule has 0 aliphatic carbocycles. The molecule has 0 radical (unpaired) electrons. The number of nitrogens with one attached hydrogen (secondary N) is 2. The number of carbonyl (C=O) groups excluding carboxylic acids is 2. The molecule has 0 bridgehead atoms. The third-order valence-corrected chi connectivity index (χ3v) is 4.18. The number of amides is 2. The molecule has 0 spiro atoms. The van der Waals surface area contributed by atoms with Crippen LogP contribution < -0.4 is 15.6 Å². The molecule has 5 nitrogen and oxygen atoms in total. The zero-order chi connectivity index (χ0) is 18.2. The average Bonchev–Trinajstić information content (AvgIpc) is 2.60. The minimum atomic E-state index is -0.394. The zero-order valence-corrected chi connectivity index (χ0v) is 15.8. The largest absolute Gasteiger partial charge is 0.494 e. The maximum absolute atomic E-state index is 12.1. The van der Waals surface area contributed by atoms with Crippen molar-refractivity contribution in [3.63, 3.8) is 0 Å². The van der Waals surface area contributed by atoms with Crippen LogP contribution in [0.1, 0.15) is 41.0 Å². The fourth-order valence-corrected chi connectivity index (χ4v) is 2.48. The van der Waals surface area contributed by atoms with Gasteiger partial charge in [0.1, 0.15) is 5.75 Å². The normalized spacial score (nSPS) is 10.4. The van der Waals surface area contributed by atoms with Gasteiger partial charge in [-0.15, -0.1) is 0 Å². The molecule has 0 aliphatic heterocycles. The van der Waals surface area contributed by atoms with Gasteiger partial charge in [0, 0.05) is 10.0 Å². The minimum absolute atomic E-state index is 0.394. The van der Waals surface area contributed by atoms with Crippen molar-refractivity contribution in [1.29, 1.82) is 0 Å². The van der Waals surface area contributed by atoms with Crippen LogP contribution in [0.3, 0.4) is 0 Å². The van der Waals surface area contributed by atoms with E-state index < -0.39 is 11.8 Å². The Hall–Kier alpha value is -2.34.